The lowest BCUT2D eigenvalue weighted by Gasteiger charge is -2.38. The molecule has 2 aromatic heterocycles. The van der Waals surface area contributed by atoms with Crippen molar-refractivity contribution in [2.75, 3.05) is 0 Å². The first kappa shape index (κ1) is 12.6. The number of hydrogen-bond donors (Lipinski definition) is 1. The van der Waals surface area contributed by atoms with Gasteiger partial charge in [-0.05, 0) is 38.7 Å². The topological polar surface area (TPSA) is 71.2 Å². The van der Waals surface area contributed by atoms with Crippen LogP contribution in [-0.2, 0) is 0 Å². The zero-order chi connectivity index (χ0) is 14.6. The number of fused-ring (bicyclic) bond motifs is 3. The first-order valence-corrected chi connectivity index (χ1v) is 7.45. The maximum atomic E-state index is 11.4. The zero-order valence-corrected chi connectivity index (χ0v) is 11.9. The maximum absolute atomic E-state index is 11.4. The van der Waals surface area contributed by atoms with E-state index in [2.05, 4.69) is 14.5 Å². The Balaban J connectivity index is 1.72. The zero-order valence-electron chi connectivity index (χ0n) is 11.9. The van der Waals surface area contributed by atoms with Crippen LogP contribution >= 0.6 is 0 Å². The third-order valence-electron chi connectivity index (χ3n) is 4.96. The summed E-state index contributed by atoms with van der Waals surface area (Å²) in [6.45, 7) is 2.02. The molecule has 2 aliphatic heterocycles. The quantitative estimate of drug-likeness (QED) is 0.874. The minimum absolute atomic E-state index is 0.153. The molecule has 1 unspecified atom stereocenters. The third kappa shape index (κ3) is 1.81. The summed E-state index contributed by atoms with van der Waals surface area (Å²) in [5.41, 5.74) is 2.03. The first-order chi connectivity index (χ1) is 10.1. The molecule has 0 aromatic carbocycles. The molecular formula is C15H18N4O2. The van der Waals surface area contributed by atoms with Crippen LogP contribution in [0.15, 0.2) is 18.5 Å². The highest BCUT2D eigenvalue weighted by molar-refractivity contribution is 5.75. The molecule has 0 aliphatic carbocycles. The molecule has 0 radical (unpaired) electrons. The molecule has 2 saturated heterocycles. The van der Waals surface area contributed by atoms with Crippen LogP contribution in [0, 0.1) is 6.92 Å². The van der Waals surface area contributed by atoms with E-state index in [0.717, 1.165) is 42.5 Å². The monoisotopic (exact) mass is 286 g/mol. The Bertz CT molecular complexity index is 697. The molecule has 21 heavy (non-hydrogen) atoms. The second-order valence-electron chi connectivity index (χ2n) is 6.09. The van der Waals surface area contributed by atoms with Gasteiger partial charge >= 0.3 is 6.09 Å². The summed E-state index contributed by atoms with van der Waals surface area (Å²) in [7, 11) is 0. The molecule has 2 fully saturated rings. The smallest absolute Gasteiger partial charge is 0.407 e. The van der Waals surface area contributed by atoms with Crippen LogP contribution in [0.4, 0.5) is 4.79 Å². The van der Waals surface area contributed by atoms with E-state index in [1.54, 1.807) is 11.1 Å². The van der Waals surface area contributed by atoms with E-state index in [4.69, 9.17) is 0 Å². The van der Waals surface area contributed by atoms with Crippen molar-refractivity contribution in [1.82, 2.24) is 19.4 Å². The molecule has 6 nitrogen and oxygen atoms in total. The Morgan fingerprint density at radius 2 is 2.00 bits per heavy atom. The molecule has 110 valence electrons. The minimum atomic E-state index is -0.769. The number of piperidine rings is 1. The minimum Gasteiger partial charge on any atom is -0.465 e. The fourth-order valence-electron chi connectivity index (χ4n) is 4.19. The highest BCUT2D eigenvalue weighted by Gasteiger charge is 2.44. The van der Waals surface area contributed by atoms with E-state index in [-0.39, 0.29) is 12.1 Å². The van der Waals surface area contributed by atoms with Crippen LogP contribution in [0.1, 0.15) is 37.5 Å². The van der Waals surface area contributed by atoms with E-state index in [1.807, 2.05) is 19.2 Å². The van der Waals surface area contributed by atoms with Crippen molar-refractivity contribution in [3.05, 3.63) is 24.3 Å². The number of rotatable bonds is 1. The summed E-state index contributed by atoms with van der Waals surface area (Å²) < 4.78 is 2.26. The van der Waals surface area contributed by atoms with Gasteiger partial charge in [-0.15, -0.1) is 0 Å². The van der Waals surface area contributed by atoms with Gasteiger partial charge in [-0.1, -0.05) is 0 Å². The molecule has 2 aromatic rings. The summed E-state index contributed by atoms with van der Waals surface area (Å²) in [4.78, 5) is 21.9. The van der Waals surface area contributed by atoms with E-state index in [1.165, 1.54) is 0 Å². The number of pyridine rings is 1. The lowest BCUT2D eigenvalue weighted by molar-refractivity contribution is 0.0872. The number of imidazole rings is 1. The van der Waals surface area contributed by atoms with Gasteiger partial charge in [0.05, 0.1) is 17.2 Å². The summed E-state index contributed by atoms with van der Waals surface area (Å²) >= 11 is 0. The Kier molecular flexibility index (Phi) is 2.67. The largest absolute Gasteiger partial charge is 0.465 e. The Hall–Kier alpha value is -2.11. The Morgan fingerprint density at radius 3 is 2.67 bits per heavy atom. The van der Waals surface area contributed by atoms with Crippen LogP contribution in [-0.4, -0.2) is 42.7 Å². The maximum Gasteiger partial charge on any atom is 0.407 e. The molecule has 4 heterocycles. The molecule has 0 saturated carbocycles. The molecular weight excluding hydrogens is 268 g/mol. The summed E-state index contributed by atoms with van der Waals surface area (Å²) in [6, 6.07) is 2.56. The van der Waals surface area contributed by atoms with Gasteiger partial charge in [0.1, 0.15) is 5.82 Å². The van der Waals surface area contributed by atoms with Crippen LogP contribution < -0.4 is 0 Å². The number of hydrogen-bond acceptors (Lipinski definition) is 3. The number of amides is 1. The second-order valence-corrected chi connectivity index (χ2v) is 6.09. The molecule has 6 heteroatoms. The molecule has 2 bridgehead atoms. The van der Waals surface area contributed by atoms with Gasteiger partial charge in [0.15, 0.2) is 0 Å². The van der Waals surface area contributed by atoms with Gasteiger partial charge in [-0.2, -0.15) is 0 Å². The van der Waals surface area contributed by atoms with Crippen LogP contribution in [0.5, 0.6) is 0 Å². The van der Waals surface area contributed by atoms with Crippen LogP contribution in [0.25, 0.3) is 11.0 Å². The average Bonchev–Trinajstić information content (AvgIpc) is 2.92. The highest BCUT2D eigenvalue weighted by atomic mass is 16.4. The van der Waals surface area contributed by atoms with Crippen molar-refractivity contribution < 1.29 is 9.90 Å². The van der Waals surface area contributed by atoms with Crippen molar-refractivity contribution in [3.63, 3.8) is 0 Å². The summed E-state index contributed by atoms with van der Waals surface area (Å²) in [5.74, 6) is 0.992. The number of carbonyl (C=O) groups is 1. The fraction of sp³-hybridized carbons (Fsp3) is 0.533. The van der Waals surface area contributed by atoms with Gasteiger partial charge in [0.2, 0.25) is 0 Å². The van der Waals surface area contributed by atoms with E-state index < -0.39 is 6.09 Å². The van der Waals surface area contributed by atoms with Crippen molar-refractivity contribution in [3.8, 4) is 0 Å². The Morgan fingerprint density at radius 1 is 1.29 bits per heavy atom. The van der Waals surface area contributed by atoms with Crippen molar-refractivity contribution in [2.45, 2.75) is 50.7 Å². The summed E-state index contributed by atoms with van der Waals surface area (Å²) in [5, 5.41) is 9.36. The fourth-order valence-corrected chi connectivity index (χ4v) is 4.19. The third-order valence-corrected chi connectivity index (χ3v) is 4.96. The van der Waals surface area contributed by atoms with Gasteiger partial charge in [-0.3, -0.25) is 4.98 Å². The van der Waals surface area contributed by atoms with Crippen molar-refractivity contribution in [1.29, 1.82) is 0 Å². The predicted octanol–water partition coefficient (Wildman–Crippen LogP) is 2.59. The number of nitrogens with zero attached hydrogens (tertiary/aromatic N) is 4. The number of aryl methyl sites for hydroxylation is 1. The molecule has 1 N–H and O–H groups in total. The molecule has 4 rings (SSSR count). The molecule has 0 spiro atoms. The van der Waals surface area contributed by atoms with Crippen molar-refractivity contribution >= 4 is 17.1 Å². The number of carboxylic acid groups (broad SMARTS) is 1. The van der Waals surface area contributed by atoms with E-state index in [9.17, 15) is 9.90 Å². The standard InChI is InChI=1S/C15H18N4O2/c1-9-17-13-4-5-16-8-14(13)18(9)12-6-10-2-3-11(7-12)19(10)15(20)21/h4-5,8,10-12H,2-3,6-7H2,1H3,(H,20,21)/t10-,11+,12?. The van der Waals surface area contributed by atoms with Crippen LogP contribution in [0.3, 0.4) is 0 Å². The van der Waals surface area contributed by atoms with Gasteiger partial charge < -0.3 is 14.6 Å². The van der Waals surface area contributed by atoms with Gasteiger partial charge in [-0.25, -0.2) is 9.78 Å². The highest BCUT2D eigenvalue weighted by Crippen LogP contribution is 2.42. The Labute approximate surface area is 122 Å². The summed E-state index contributed by atoms with van der Waals surface area (Å²) in [6.07, 6.45) is 6.58. The molecule has 3 atom stereocenters. The SMILES string of the molecule is Cc1nc2ccncc2n1C1C[C@H]2CC[C@@H](C1)N2C(=O)O. The van der Waals surface area contributed by atoms with E-state index in [0.29, 0.717) is 6.04 Å². The average molecular weight is 286 g/mol. The molecule has 1 amide bonds. The molecule has 2 aliphatic rings. The van der Waals surface area contributed by atoms with Gasteiger partial charge in [0.25, 0.3) is 0 Å². The predicted molar refractivity (Wildman–Crippen MR) is 77.2 cm³/mol. The van der Waals surface area contributed by atoms with Gasteiger partial charge in [0, 0.05) is 24.3 Å². The lowest BCUT2D eigenvalue weighted by atomic mass is 9.97. The lowest BCUT2D eigenvalue weighted by Crippen LogP contribution is -2.46. The number of aromatic nitrogens is 3. The first-order valence-electron chi connectivity index (χ1n) is 7.45. The van der Waals surface area contributed by atoms with Crippen molar-refractivity contribution in [2.24, 2.45) is 0 Å². The van der Waals surface area contributed by atoms with E-state index >= 15 is 0 Å². The normalized spacial score (nSPS) is 28.2. The second kappa shape index (κ2) is 4.44. The van der Waals surface area contributed by atoms with Crippen LogP contribution in [0.2, 0.25) is 0 Å².